The van der Waals surface area contributed by atoms with Gasteiger partial charge in [0.15, 0.2) is 0 Å². The van der Waals surface area contributed by atoms with Crippen molar-refractivity contribution in [2.24, 2.45) is 17.3 Å². The molecule has 7 heteroatoms. The van der Waals surface area contributed by atoms with E-state index >= 15 is 0 Å². The van der Waals surface area contributed by atoms with Crippen LogP contribution in [0.2, 0.25) is 0 Å². The molecule has 1 saturated carbocycles. The van der Waals surface area contributed by atoms with E-state index in [4.69, 9.17) is 9.47 Å². The Labute approximate surface area is 141 Å². The predicted octanol–water partition coefficient (Wildman–Crippen LogP) is 2.46. The normalized spacial score (nSPS) is 28.9. The number of carbonyl (C=O) groups is 3. The number of ether oxygens (including phenoxy) is 2. The lowest BCUT2D eigenvalue weighted by Crippen LogP contribution is -2.53. The summed E-state index contributed by atoms with van der Waals surface area (Å²) in [5.74, 6) is -0.659. The monoisotopic (exact) mass is 339 g/mol. The molecule has 4 atom stereocenters. The fourth-order valence-electron chi connectivity index (χ4n) is 3.90. The Morgan fingerprint density at radius 2 is 2.12 bits per heavy atom. The number of nitrogens with one attached hydrogen (secondary N) is 1. The van der Waals surface area contributed by atoms with Crippen LogP contribution in [0.15, 0.2) is 11.6 Å². The van der Waals surface area contributed by atoms with Gasteiger partial charge in [0.25, 0.3) is 0 Å². The van der Waals surface area contributed by atoms with Gasteiger partial charge < -0.3 is 19.9 Å². The molecule has 2 aliphatic rings. The van der Waals surface area contributed by atoms with Gasteiger partial charge in [-0.05, 0) is 31.6 Å². The van der Waals surface area contributed by atoms with Crippen molar-refractivity contribution in [3.63, 3.8) is 0 Å². The van der Waals surface area contributed by atoms with Crippen LogP contribution in [0.1, 0.15) is 46.5 Å². The van der Waals surface area contributed by atoms with Gasteiger partial charge >= 0.3 is 18.0 Å². The first-order valence-corrected chi connectivity index (χ1v) is 8.29. The molecular formula is C17H25NO6. The van der Waals surface area contributed by atoms with Gasteiger partial charge in [0.2, 0.25) is 6.29 Å². The third-order valence-electron chi connectivity index (χ3n) is 4.88. The molecule has 0 heterocycles. The topological polar surface area (TPSA) is 102 Å². The van der Waals surface area contributed by atoms with Crippen LogP contribution in [-0.2, 0) is 19.1 Å². The lowest BCUT2D eigenvalue weighted by atomic mass is 9.53. The molecule has 0 unspecified atom stereocenters. The van der Waals surface area contributed by atoms with Crippen molar-refractivity contribution in [2.45, 2.75) is 52.7 Å². The molecule has 0 aromatic heterocycles. The second-order valence-corrected chi connectivity index (χ2v) is 6.81. The minimum atomic E-state index is -0.976. The predicted molar refractivity (Wildman–Crippen MR) is 85.0 cm³/mol. The van der Waals surface area contributed by atoms with Crippen molar-refractivity contribution >= 4 is 18.0 Å². The second kappa shape index (κ2) is 7.23. The highest BCUT2D eigenvalue weighted by atomic mass is 16.7. The van der Waals surface area contributed by atoms with Gasteiger partial charge in [-0.1, -0.05) is 18.6 Å². The molecular weight excluding hydrogens is 314 g/mol. The summed E-state index contributed by atoms with van der Waals surface area (Å²) in [4.78, 5) is 34.2. The Morgan fingerprint density at radius 3 is 2.71 bits per heavy atom. The number of carboxylic acid groups (broad SMARTS) is 1. The third kappa shape index (κ3) is 4.07. The van der Waals surface area contributed by atoms with E-state index in [-0.39, 0.29) is 25.3 Å². The summed E-state index contributed by atoms with van der Waals surface area (Å²) in [6.07, 6.45) is 2.44. The van der Waals surface area contributed by atoms with E-state index in [1.54, 1.807) is 6.92 Å². The number of hydrogen-bond donors (Lipinski definition) is 2. The SMILES string of the molecule is CCC(=O)O[C@@H](C)OC(=O)NC[C@@]1(CC(=O)O)C[C@@H]2CC(C)=C[C@@H]21. The van der Waals surface area contributed by atoms with Crippen molar-refractivity contribution in [3.05, 3.63) is 11.6 Å². The maximum Gasteiger partial charge on any atom is 0.410 e. The van der Waals surface area contributed by atoms with Crippen LogP contribution >= 0.6 is 0 Å². The largest absolute Gasteiger partial charge is 0.481 e. The number of aliphatic carboxylic acids is 1. The zero-order valence-corrected chi connectivity index (χ0v) is 14.3. The van der Waals surface area contributed by atoms with Crippen molar-refractivity contribution in [1.82, 2.24) is 5.32 Å². The Hall–Kier alpha value is -2.05. The second-order valence-electron chi connectivity index (χ2n) is 6.81. The molecule has 2 rings (SSSR count). The Bertz CT molecular complexity index is 557. The summed E-state index contributed by atoms with van der Waals surface area (Å²) in [6.45, 7) is 5.39. The molecule has 0 spiro atoms. The van der Waals surface area contributed by atoms with Gasteiger partial charge in [-0.25, -0.2) is 4.79 Å². The summed E-state index contributed by atoms with van der Waals surface area (Å²) in [5, 5.41) is 11.9. The molecule has 1 amide bonds. The van der Waals surface area contributed by atoms with Crippen LogP contribution in [0.3, 0.4) is 0 Å². The molecule has 0 saturated heterocycles. The van der Waals surface area contributed by atoms with Crippen LogP contribution in [0.4, 0.5) is 4.79 Å². The average Bonchev–Trinajstić information content (AvgIpc) is 2.79. The summed E-state index contributed by atoms with van der Waals surface area (Å²) in [7, 11) is 0. The highest BCUT2D eigenvalue weighted by molar-refractivity contribution is 5.71. The standard InChI is InChI=1S/C17H25NO6/c1-4-15(21)23-11(3)24-16(22)18-9-17(8-14(19)20)7-12-5-10(2)6-13(12)17/h6,11-13H,4-5,7-9H2,1-3H3,(H,18,22)(H,19,20)/t11-,12+,13+,17+/m1/s1. The van der Waals surface area contributed by atoms with Crippen LogP contribution in [0.5, 0.6) is 0 Å². The van der Waals surface area contributed by atoms with Gasteiger partial charge in [0, 0.05) is 25.3 Å². The minimum Gasteiger partial charge on any atom is -0.481 e. The van der Waals surface area contributed by atoms with Crippen molar-refractivity contribution in [3.8, 4) is 0 Å². The molecule has 7 nitrogen and oxygen atoms in total. The molecule has 2 N–H and O–H groups in total. The summed E-state index contributed by atoms with van der Waals surface area (Å²) < 4.78 is 9.83. The molecule has 0 aromatic rings. The summed E-state index contributed by atoms with van der Waals surface area (Å²) in [6, 6.07) is 0. The molecule has 0 radical (unpaired) electrons. The Balaban J connectivity index is 1.89. The van der Waals surface area contributed by atoms with Crippen molar-refractivity contribution < 1.29 is 29.0 Å². The van der Waals surface area contributed by atoms with Crippen LogP contribution in [0.25, 0.3) is 0 Å². The van der Waals surface area contributed by atoms with Crippen molar-refractivity contribution in [2.75, 3.05) is 6.54 Å². The number of allylic oxidation sites excluding steroid dienone is 2. The fraction of sp³-hybridized carbons (Fsp3) is 0.706. The van der Waals surface area contributed by atoms with E-state index in [1.165, 1.54) is 12.5 Å². The maximum atomic E-state index is 11.9. The van der Waals surface area contributed by atoms with E-state index in [2.05, 4.69) is 18.3 Å². The molecule has 24 heavy (non-hydrogen) atoms. The van der Waals surface area contributed by atoms with Gasteiger partial charge in [0.1, 0.15) is 0 Å². The van der Waals surface area contributed by atoms with E-state index < -0.39 is 29.7 Å². The molecule has 2 aliphatic carbocycles. The Kier molecular flexibility index (Phi) is 5.51. The average molecular weight is 339 g/mol. The molecule has 0 aromatic carbocycles. The maximum absolute atomic E-state index is 11.9. The summed E-state index contributed by atoms with van der Waals surface area (Å²) >= 11 is 0. The van der Waals surface area contributed by atoms with E-state index in [9.17, 15) is 19.5 Å². The number of carbonyl (C=O) groups excluding carboxylic acids is 2. The summed E-state index contributed by atoms with van der Waals surface area (Å²) in [5.41, 5.74) is 0.816. The van der Waals surface area contributed by atoms with E-state index in [0.717, 1.165) is 12.8 Å². The number of alkyl carbamates (subject to hydrolysis) is 1. The first-order valence-electron chi connectivity index (χ1n) is 8.29. The zero-order chi connectivity index (χ0) is 17.9. The van der Waals surface area contributed by atoms with Crippen LogP contribution in [-0.4, -0.2) is 36.0 Å². The third-order valence-corrected chi connectivity index (χ3v) is 4.88. The number of rotatable bonds is 7. The smallest absolute Gasteiger partial charge is 0.410 e. The van der Waals surface area contributed by atoms with E-state index in [0.29, 0.717) is 5.92 Å². The van der Waals surface area contributed by atoms with Crippen LogP contribution in [0, 0.1) is 17.3 Å². The number of carboxylic acids is 1. The lowest BCUT2D eigenvalue weighted by molar-refractivity contribution is -0.164. The van der Waals surface area contributed by atoms with Gasteiger partial charge in [0.05, 0.1) is 6.42 Å². The Morgan fingerprint density at radius 1 is 1.42 bits per heavy atom. The quantitative estimate of drug-likeness (QED) is 0.420. The number of hydrogen-bond acceptors (Lipinski definition) is 5. The first kappa shape index (κ1) is 18.3. The zero-order valence-electron chi connectivity index (χ0n) is 14.3. The highest BCUT2D eigenvalue weighted by Gasteiger charge is 2.55. The fourth-order valence-corrected chi connectivity index (χ4v) is 3.90. The first-order chi connectivity index (χ1) is 11.3. The molecule has 1 fully saturated rings. The van der Waals surface area contributed by atoms with Gasteiger partial charge in [-0.2, -0.15) is 0 Å². The molecule has 0 bridgehead atoms. The number of esters is 1. The number of fused-ring (bicyclic) bond motifs is 1. The van der Waals surface area contributed by atoms with E-state index in [1.807, 2.05) is 0 Å². The van der Waals surface area contributed by atoms with Gasteiger partial charge in [-0.3, -0.25) is 9.59 Å². The molecule has 0 aliphatic heterocycles. The minimum absolute atomic E-state index is 0.0125. The van der Waals surface area contributed by atoms with Gasteiger partial charge in [-0.15, -0.1) is 0 Å². The highest BCUT2D eigenvalue weighted by Crippen LogP contribution is 2.59. The lowest BCUT2D eigenvalue weighted by Gasteiger charge is -2.51. The molecule has 134 valence electrons. The van der Waals surface area contributed by atoms with Crippen LogP contribution < -0.4 is 5.32 Å². The van der Waals surface area contributed by atoms with Crippen molar-refractivity contribution in [1.29, 1.82) is 0 Å². The number of amides is 1.